The molecular weight excluding hydrogens is 258 g/mol. The molecule has 2 rings (SSSR count). The molecule has 0 amide bonds. The van der Waals surface area contributed by atoms with Crippen molar-refractivity contribution < 1.29 is 19.1 Å². The number of ether oxygens (including phenoxy) is 2. The zero-order valence-corrected chi connectivity index (χ0v) is 10.8. The summed E-state index contributed by atoms with van der Waals surface area (Å²) >= 11 is 0. The third-order valence-electron chi connectivity index (χ3n) is 2.64. The lowest BCUT2D eigenvalue weighted by Gasteiger charge is -2.08. The van der Waals surface area contributed by atoms with Crippen LogP contribution in [0.15, 0.2) is 48.5 Å². The summed E-state index contributed by atoms with van der Waals surface area (Å²) in [4.78, 5) is 23.5. The molecule has 0 radical (unpaired) electrons. The molecule has 2 aromatic carbocycles. The van der Waals surface area contributed by atoms with E-state index in [9.17, 15) is 9.59 Å². The zero-order valence-electron chi connectivity index (χ0n) is 10.8. The molecule has 0 atom stereocenters. The first-order chi connectivity index (χ1) is 9.61. The van der Waals surface area contributed by atoms with Crippen LogP contribution in [0.1, 0.15) is 20.7 Å². The minimum Gasteiger partial charge on any atom is -0.465 e. The molecule has 5 heteroatoms. The van der Waals surface area contributed by atoms with Crippen molar-refractivity contribution in [2.24, 2.45) is 0 Å². The predicted octanol–water partition coefficient (Wildman–Crippen LogP) is 2.27. The molecule has 0 saturated heterocycles. The summed E-state index contributed by atoms with van der Waals surface area (Å²) in [6.07, 6.45) is 0. The number of rotatable bonds is 3. The second-order valence-corrected chi connectivity index (χ2v) is 4.00. The molecule has 0 aliphatic carbocycles. The molecule has 0 aliphatic heterocycles. The number of nitrogens with two attached hydrogens (primary N) is 1. The molecule has 102 valence electrons. The fourth-order valence-electron chi connectivity index (χ4n) is 1.61. The Morgan fingerprint density at radius 2 is 1.60 bits per heavy atom. The molecule has 0 fully saturated rings. The Morgan fingerprint density at radius 1 is 0.950 bits per heavy atom. The van der Waals surface area contributed by atoms with E-state index in [4.69, 9.17) is 10.5 Å². The average molecular weight is 271 g/mol. The Kier molecular flexibility index (Phi) is 4.00. The number of carbonyl (C=O) groups excluding carboxylic acids is 2. The van der Waals surface area contributed by atoms with E-state index in [0.717, 1.165) is 0 Å². The highest BCUT2D eigenvalue weighted by Gasteiger charge is 2.16. The van der Waals surface area contributed by atoms with Crippen LogP contribution >= 0.6 is 0 Å². The van der Waals surface area contributed by atoms with Gasteiger partial charge in [0.1, 0.15) is 11.3 Å². The van der Waals surface area contributed by atoms with Crippen molar-refractivity contribution in [2.75, 3.05) is 12.8 Å². The monoisotopic (exact) mass is 271 g/mol. The molecular formula is C15H13NO4. The number of anilines is 1. The summed E-state index contributed by atoms with van der Waals surface area (Å²) in [6, 6.07) is 12.7. The van der Waals surface area contributed by atoms with Gasteiger partial charge in [-0.15, -0.1) is 0 Å². The predicted molar refractivity (Wildman–Crippen MR) is 73.6 cm³/mol. The van der Waals surface area contributed by atoms with Gasteiger partial charge in [-0.2, -0.15) is 0 Å². The Labute approximate surface area is 115 Å². The molecule has 20 heavy (non-hydrogen) atoms. The van der Waals surface area contributed by atoms with Gasteiger partial charge in [-0.25, -0.2) is 9.59 Å². The number of hydrogen-bond donors (Lipinski definition) is 1. The molecule has 0 heterocycles. The normalized spacial score (nSPS) is 9.85. The topological polar surface area (TPSA) is 78.6 Å². The maximum absolute atomic E-state index is 12.0. The Hall–Kier alpha value is -2.82. The van der Waals surface area contributed by atoms with Gasteiger partial charge in [-0.3, -0.25) is 0 Å². The number of para-hydroxylation sites is 1. The van der Waals surface area contributed by atoms with Gasteiger partial charge >= 0.3 is 11.9 Å². The third-order valence-corrected chi connectivity index (χ3v) is 2.64. The van der Waals surface area contributed by atoms with E-state index < -0.39 is 11.9 Å². The summed E-state index contributed by atoms with van der Waals surface area (Å²) in [5, 5.41) is 0. The second-order valence-electron chi connectivity index (χ2n) is 4.00. The molecule has 0 bridgehead atoms. The van der Waals surface area contributed by atoms with Crippen molar-refractivity contribution in [3.63, 3.8) is 0 Å². The molecule has 5 nitrogen and oxygen atoms in total. The van der Waals surface area contributed by atoms with E-state index in [0.29, 0.717) is 11.3 Å². The minimum absolute atomic E-state index is 0.154. The van der Waals surface area contributed by atoms with Gasteiger partial charge < -0.3 is 15.2 Å². The van der Waals surface area contributed by atoms with Gasteiger partial charge in [0.2, 0.25) is 0 Å². The number of benzene rings is 2. The number of methoxy groups -OCH3 is 1. The smallest absolute Gasteiger partial charge is 0.343 e. The van der Waals surface area contributed by atoms with E-state index in [2.05, 4.69) is 4.74 Å². The molecule has 2 aromatic rings. The van der Waals surface area contributed by atoms with Crippen LogP contribution in [0.25, 0.3) is 0 Å². The largest absolute Gasteiger partial charge is 0.465 e. The first-order valence-corrected chi connectivity index (χ1v) is 5.87. The van der Waals surface area contributed by atoms with Gasteiger partial charge in [0.15, 0.2) is 0 Å². The third kappa shape index (κ3) is 2.95. The van der Waals surface area contributed by atoms with Crippen LogP contribution in [-0.4, -0.2) is 19.0 Å². The number of carbonyl (C=O) groups is 2. The van der Waals surface area contributed by atoms with E-state index in [1.807, 2.05) is 0 Å². The lowest BCUT2D eigenvalue weighted by atomic mass is 10.2. The van der Waals surface area contributed by atoms with Gasteiger partial charge in [0, 0.05) is 5.69 Å². The van der Waals surface area contributed by atoms with Crippen molar-refractivity contribution in [2.45, 2.75) is 0 Å². The van der Waals surface area contributed by atoms with Crippen LogP contribution in [0.3, 0.4) is 0 Å². The number of nitrogen functional groups attached to an aromatic ring is 1. The summed E-state index contributed by atoms with van der Waals surface area (Å²) < 4.78 is 9.85. The van der Waals surface area contributed by atoms with E-state index >= 15 is 0 Å². The van der Waals surface area contributed by atoms with Crippen molar-refractivity contribution in [1.29, 1.82) is 0 Å². The maximum Gasteiger partial charge on any atom is 0.343 e. The van der Waals surface area contributed by atoms with Crippen LogP contribution in [0.4, 0.5) is 5.69 Å². The van der Waals surface area contributed by atoms with E-state index in [-0.39, 0.29) is 11.3 Å². The molecule has 0 saturated carbocycles. The highest BCUT2D eigenvalue weighted by atomic mass is 16.5. The first kappa shape index (κ1) is 13.6. The van der Waals surface area contributed by atoms with Crippen LogP contribution in [-0.2, 0) is 4.74 Å². The van der Waals surface area contributed by atoms with Crippen molar-refractivity contribution >= 4 is 17.6 Å². The fraction of sp³-hybridized carbons (Fsp3) is 0.0667. The summed E-state index contributed by atoms with van der Waals surface area (Å²) in [5.74, 6) is -0.978. The SMILES string of the molecule is COC(=O)c1ccccc1OC(=O)c1ccc(N)cc1. The summed E-state index contributed by atoms with van der Waals surface area (Å²) in [5.41, 5.74) is 6.64. The van der Waals surface area contributed by atoms with Gasteiger partial charge in [-0.1, -0.05) is 12.1 Å². The number of hydrogen-bond acceptors (Lipinski definition) is 5. The highest BCUT2D eigenvalue weighted by molar-refractivity contribution is 5.96. The van der Waals surface area contributed by atoms with Gasteiger partial charge in [0.25, 0.3) is 0 Å². The Morgan fingerprint density at radius 3 is 2.25 bits per heavy atom. The first-order valence-electron chi connectivity index (χ1n) is 5.87. The zero-order chi connectivity index (χ0) is 14.5. The summed E-state index contributed by atoms with van der Waals surface area (Å²) in [6.45, 7) is 0. The fourth-order valence-corrected chi connectivity index (χ4v) is 1.61. The van der Waals surface area contributed by atoms with Crippen LogP contribution in [0, 0.1) is 0 Å². The van der Waals surface area contributed by atoms with Crippen LogP contribution in [0.2, 0.25) is 0 Å². The molecule has 0 spiro atoms. The van der Waals surface area contributed by atoms with Crippen LogP contribution < -0.4 is 10.5 Å². The molecule has 2 N–H and O–H groups in total. The lowest BCUT2D eigenvalue weighted by molar-refractivity contribution is 0.0593. The second kappa shape index (κ2) is 5.88. The van der Waals surface area contributed by atoms with Crippen molar-refractivity contribution in [3.8, 4) is 5.75 Å². The Balaban J connectivity index is 2.24. The van der Waals surface area contributed by atoms with Gasteiger partial charge in [-0.05, 0) is 36.4 Å². The van der Waals surface area contributed by atoms with Crippen molar-refractivity contribution in [1.82, 2.24) is 0 Å². The molecule has 0 aliphatic rings. The summed E-state index contributed by atoms with van der Waals surface area (Å²) in [7, 11) is 1.26. The van der Waals surface area contributed by atoms with Crippen LogP contribution in [0.5, 0.6) is 5.75 Å². The number of esters is 2. The minimum atomic E-state index is -0.568. The lowest BCUT2D eigenvalue weighted by Crippen LogP contribution is -2.12. The average Bonchev–Trinajstić information content (AvgIpc) is 2.47. The molecule has 0 unspecified atom stereocenters. The van der Waals surface area contributed by atoms with E-state index in [1.54, 1.807) is 36.4 Å². The standard InChI is InChI=1S/C15H13NO4/c1-19-15(18)12-4-2-3-5-13(12)20-14(17)10-6-8-11(16)9-7-10/h2-9H,16H2,1H3. The molecule has 0 aromatic heterocycles. The quantitative estimate of drug-likeness (QED) is 0.526. The maximum atomic E-state index is 12.0. The highest BCUT2D eigenvalue weighted by Crippen LogP contribution is 2.20. The van der Waals surface area contributed by atoms with E-state index in [1.165, 1.54) is 19.2 Å². The van der Waals surface area contributed by atoms with Gasteiger partial charge in [0.05, 0.1) is 12.7 Å². The van der Waals surface area contributed by atoms with Crippen molar-refractivity contribution in [3.05, 3.63) is 59.7 Å². The Bertz CT molecular complexity index is 635.